The van der Waals surface area contributed by atoms with Crippen molar-refractivity contribution >= 4 is 17.5 Å². The third kappa shape index (κ3) is 4.59. The van der Waals surface area contributed by atoms with Crippen molar-refractivity contribution < 1.29 is 14.3 Å². The molecule has 0 fully saturated rings. The van der Waals surface area contributed by atoms with E-state index in [0.717, 1.165) is 6.42 Å². The quantitative estimate of drug-likeness (QED) is 0.819. The van der Waals surface area contributed by atoms with Crippen molar-refractivity contribution in [2.75, 3.05) is 11.9 Å². The summed E-state index contributed by atoms with van der Waals surface area (Å²) in [5.41, 5.74) is 7.47. The minimum Gasteiger partial charge on any atom is -0.483 e. The normalized spacial score (nSPS) is 11.6. The zero-order valence-electron chi connectivity index (χ0n) is 13.9. The first-order valence-electron chi connectivity index (χ1n) is 7.92. The average Bonchev–Trinajstić information content (AvgIpc) is 2.60. The molecule has 2 rings (SSSR count). The molecule has 2 amide bonds. The second-order valence-corrected chi connectivity index (χ2v) is 5.63. The Morgan fingerprint density at radius 3 is 2.42 bits per heavy atom. The van der Waals surface area contributed by atoms with E-state index in [9.17, 15) is 9.59 Å². The molecule has 0 spiro atoms. The molecular weight excluding hydrogens is 304 g/mol. The van der Waals surface area contributed by atoms with Crippen LogP contribution in [-0.2, 0) is 4.79 Å². The minimum atomic E-state index is -0.591. The predicted octanol–water partition coefficient (Wildman–Crippen LogP) is 3.32. The Morgan fingerprint density at radius 2 is 1.79 bits per heavy atom. The molecule has 1 unspecified atom stereocenters. The molecule has 0 aliphatic carbocycles. The van der Waals surface area contributed by atoms with Crippen molar-refractivity contribution in [3.63, 3.8) is 0 Å². The van der Waals surface area contributed by atoms with E-state index in [4.69, 9.17) is 10.5 Å². The van der Waals surface area contributed by atoms with Gasteiger partial charge in [-0.15, -0.1) is 0 Å². The van der Waals surface area contributed by atoms with Gasteiger partial charge in [0.25, 0.3) is 11.8 Å². The SMILES string of the molecule is CCC(C)c1ccc(NC(=O)COc2ccccc2C(N)=O)cc1. The van der Waals surface area contributed by atoms with E-state index in [2.05, 4.69) is 19.2 Å². The van der Waals surface area contributed by atoms with Gasteiger partial charge in [-0.05, 0) is 42.2 Å². The fourth-order valence-electron chi connectivity index (χ4n) is 2.27. The summed E-state index contributed by atoms with van der Waals surface area (Å²) in [4.78, 5) is 23.3. The average molecular weight is 326 g/mol. The largest absolute Gasteiger partial charge is 0.483 e. The van der Waals surface area contributed by atoms with Gasteiger partial charge in [0.05, 0.1) is 5.56 Å². The molecule has 0 aliphatic rings. The summed E-state index contributed by atoms with van der Waals surface area (Å²) < 4.78 is 5.40. The number of nitrogens with two attached hydrogens (primary N) is 1. The Hall–Kier alpha value is -2.82. The van der Waals surface area contributed by atoms with Crippen molar-refractivity contribution in [2.24, 2.45) is 5.73 Å². The molecule has 24 heavy (non-hydrogen) atoms. The molecule has 2 aromatic carbocycles. The third-order valence-corrected chi connectivity index (χ3v) is 3.89. The number of carbonyl (C=O) groups is 2. The minimum absolute atomic E-state index is 0.197. The van der Waals surface area contributed by atoms with Crippen LogP contribution < -0.4 is 15.8 Å². The highest BCUT2D eigenvalue weighted by Gasteiger charge is 2.10. The van der Waals surface area contributed by atoms with E-state index >= 15 is 0 Å². The Morgan fingerprint density at radius 1 is 1.12 bits per heavy atom. The highest BCUT2D eigenvalue weighted by Crippen LogP contribution is 2.21. The van der Waals surface area contributed by atoms with Crippen LogP contribution in [0.3, 0.4) is 0 Å². The number of ether oxygens (including phenoxy) is 1. The maximum absolute atomic E-state index is 12.0. The van der Waals surface area contributed by atoms with Crippen molar-refractivity contribution in [3.8, 4) is 5.75 Å². The molecule has 0 saturated carbocycles. The van der Waals surface area contributed by atoms with Crippen molar-refractivity contribution in [3.05, 3.63) is 59.7 Å². The molecule has 2 aromatic rings. The summed E-state index contributed by atoms with van der Waals surface area (Å²) in [6.45, 7) is 4.11. The summed E-state index contributed by atoms with van der Waals surface area (Å²) in [7, 11) is 0. The molecule has 126 valence electrons. The lowest BCUT2D eigenvalue weighted by molar-refractivity contribution is -0.118. The van der Waals surface area contributed by atoms with E-state index in [1.54, 1.807) is 24.3 Å². The zero-order chi connectivity index (χ0) is 17.5. The maximum Gasteiger partial charge on any atom is 0.262 e. The summed E-state index contributed by atoms with van der Waals surface area (Å²) in [6, 6.07) is 14.3. The van der Waals surface area contributed by atoms with Crippen LogP contribution in [0.15, 0.2) is 48.5 Å². The van der Waals surface area contributed by atoms with Gasteiger partial charge in [-0.1, -0.05) is 38.1 Å². The van der Waals surface area contributed by atoms with Crippen LogP contribution in [-0.4, -0.2) is 18.4 Å². The van der Waals surface area contributed by atoms with E-state index in [-0.39, 0.29) is 18.1 Å². The van der Waals surface area contributed by atoms with Crippen LogP contribution in [0.25, 0.3) is 0 Å². The lowest BCUT2D eigenvalue weighted by atomic mass is 9.99. The number of hydrogen-bond acceptors (Lipinski definition) is 3. The van der Waals surface area contributed by atoms with E-state index < -0.39 is 5.91 Å². The van der Waals surface area contributed by atoms with E-state index in [0.29, 0.717) is 17.4 Å². The summed E-state index contributed by atoms with van der Waals surface area (Å²) in [5, 5.41) is 2.76. The van der Waals surface area contributed by atoms with Crippen LogP contribution in [0, 0.1) is 0 Å². The highest BCUT2D eigenvalue weighted by molar-refractivity contribution is 5.96. The van der Waals surface area contributed by atoms with E-state index in [1.165, 1.54) is 5.56 Å². The smallest absolute Gasteiger partial charge is 0.262 e. The first-order valence-corrected chi connectivity index (χ1v) is 7.92. The Balaban J connectivity index is 1.93. The van der Waals surface area contributed by atoms with Crippen molar-refractivity contribution in [2.45, 2.75) is 26.2 Å². The Bertz CT molecular complexity index is 711. The lowest BCUT2D eigenvalue weighted by Crippen LogP contribution is -2.21. The number of nitrogens with one attached hydrogen (secondary N) is 1. The highest BCUT2D eigenvalue weighted by atomic mass is 16.5. The third-order valence-electron chi connectivity index (χ3n) is 3.89. The van der Waals surface area contributed by atoms with Gasteiger partial charge in [0.2, 0.25) is 0 Å². The second kappa shape index (κ2) is 8.15. The first-order chi connectivity index (χ1) is 11.5. The van der Waals surface area contributed by atoms with E-state index in [1.807, 2.05) is 24.3 Å². The summed E-state index contributed by atoms with van der Waals surface area (Å²) in [6.07, 6.45) is 1.07. The first kappa shape index (κ1) is 17.5. The monoisotopic (exact) mass is 326 g/mol. The number of hydrogen-bond donors (Lipinski definition) is 2. The van der Waals surface area contributed by atoms with Gasteiger partial charge in [0.1, 0.15) is 5.75 Å². The summed E-state index contributed by atoms with van der Waals surface area (Å²) in [5.74, 6) is -0.104. The van der Waals surface area contributed by atoms with Crippen LogP contribution in [0.5, 0.6) is 5.75 Å². The van der Waals surface area contributed by atoms with Gasteiger partial charge < -0.3 is 15.8 Å². The predicted molar refractivity (Wildman–Crippen MR) is 94.2 cm³/mol. The fourth-order valence-corrected chi connectivity index (χ4v) is 2.27. The van der Waals surface area contributed by atoms with Crippen molar-refractivity contribution in [1.29, 1.82) is 0 Å². The second-order valence-electron chi connectivity index (χ2n) is 5.63. The molecule has 5 heteroatoms. The molecule has 3 N–H and O–H groups in total. The van der Waals surface area contributed by atoms with Crippen LogP contribution in [0.2, 0.25) is 0 Å². The van der Waals surface area contributed by atoms with Gasteiger partial charge >= 0.3 is 0 Å². The molecule has 0 heterocycles. The topological polar surface area (TPSA) is 81.4 Å². The number of benzene rings is 2. The fraction of sp³-hybridized carbons (Fsp3) is 0.263. The Labute approximate surface area is 141 Å². The molecule has 0 radical (unpaired) electrons. The van der Waals surface area contributed by atoms with Gasteiger partial charge in [-0.25, -0.2) is 0 Å². The number of anilines is 1. The van der Waals surface area contributed by atoms with Crippen LogP contribution >= 0.6 is 0 Å². The standard InChI is InChI=1S/C19H22N2O3/c1-3-13(2)14-8-10-15(11-9-14)21-18(22)12-24-17-7-5-4-6-16(17)19(20)23/h4-11,13H,3,12H2,1-2H3,(H2,20,23)(H,21,22). The van der Waals surface area contributed by atoms with Crippen LogP contribution in [0.1, 0.15) is 42.1 Å². The summed E-state index contributed by atoms with van der Waals surface area (Å²) >= 11 is 0. The van der Waals surface area contributed by atoms with Crippen molar-refractivity contribution in [1.82, 2.24) is 0 Å². The Kier molecular flexibility index (Phi) is 5.95. The molecule has 0 aromatic heterocycles. The van der Waals surface area contributed by atoms with Gasteiger partial charge in [0, 0.05) is 5.69 Å². The number of carbonyl (C=O) groups excluding carboxylic acids is 2. The molecule has 0 aliphatic heterocycles. The lowest BCUT2D eigenvalue weighted by Gasteiger charge is -2.11. The number of primary amides is 1. The maximum atomic E-state index is 12.0. The number of amides is 2. The number of para-hydroxylation sites is 1. The molecule has 5 nitrogen and oxygen atoms in total. The molecule has 1 atom stereocenters. The zero-order valence-corrected chi connectivity index (χ0v) is 13.9. The molecule has 0 bridgehead atoms. The van der Waals surface area contributed by atoms with Gasteiger partial charge in [-0.3, -0.25) is 9.59 Å². The molecule has 0 saturated heterocycles. The van der Waals surface area contributed by atoms with Crippen LogP contribution in [0.4, 0.5) is 5.69 Å². The van der Waals surface area contributed by atoms with Gasteiger partial charge in [0.15, 0.2) is 6.61 Å². The van der Waals surface area contributed by atoms with Gasteiger partial charge in [-0.2, -0.15) is 0 Å². The number of rotatable bonds is 7. The molecular formula is C19H22N2O3.